The van der Waals surface area contributed by atoms with Crippen LogP contribution in [0.4, 0.5) is 0 Å². The lowest BCUT2D eigenvalue weighted by Gasteiger charge is -2.25. The van der Waals surface area contributed by atoms with Crippen LogP contribution in [-0.4, -0.2) is 11.9 Å². The Bertz CT molecular complexity index is 468. The molecule has 106 valence electrons. The van der Waals surface area contributed by atoms with Gasteiger partial charge in [0, 0.05) is 0 Å². The van der Waals surface area contributed by atoms with Gasteiger partial charge in [-0.25, -0.2) is 0 Å². The van der Waals surface area contributed by atoms with Crippen molar-refractivity contribution in [2.45, 2.75) is 38.5 Å². The van der Waals surface area contributed by atoms with E-state index in [4.69, 9.17) is 9.47 Å². The molecule has 2 saturated carbocycles. The fourth-order valence-corrected chi connectivity index (χ4v) is 2.29. The third kappa shape index (κ3) is 2.69. The highest BCUT2D eigenvalue weighted by Gasteiger charge is 2.30. The highest BCUT2D eigenvalue weighted by Crippen LogP contribution is 2.34. The maximum Gasteiger partial charge on any atom is 0.314 e. The Labute approximate surface area is 118 Å². The third-order valence-corrected chi connectivity index (χ3v) is 4.15. The lowest BCUT2D eigenvalue weighted by Crippen LogP contribution is -2.28. The fraction of sp³-hybridized carbons (Fsp3) is 0.500. The molecule has 4 heteroatoms. The molecule has 4 nitrogen and oxygen atoms in total. The Balaban J connectivity index is 1.67. The first-order valence-electron chi connectivity index (χ1n) is 7.26. The summed E-state index contributed by atoms with van der Waals surface area (Å²) in [6, 6.07) is 6.87. The van der Waals surface area contributed by atoms with Gasteiger partial charge < -0.3 is 9.47 Å². The van der Waals surface area contributed by atoms with Gasteiger partial charge in [-0.1, -0.05) is 25.0 Å². The monoisotopic (exact) mass is 274 g/mol. The molecule has 1 aromatic carbocycles. The topological polar surface area (TPSA) is 52.6 Å². The summed E-state index contributed by atoms with van der Waals surface area (Å²) >= 11 is 0. The number of esters is 2. The number of carbonyl (C=O) groups excluding carboxylic acids is 2. The lowest BCUT2D eigenvalue weighted by atomic mass is 9.85. The summed E-state index contributed by atoms with van der Waals surface area (Å²) in [6.45, 7) is 0. The highest BCUT2D eigenvalue weighted by atomic mass is 16.6. The largest absolute Gasteiger partial charge is 0.422 e. The van der Waals surface area contributed by atoms with E-state index < -0.39 is 0 Å². The molecule has 2 aliphatic rings. The highest BCUT2D eigenvalue weighted by molar-refractivity contribution is 5.79. The summed E-state index contributed by atoms with van der Waals surface area (Å²) in [5, 5.41) is 0. The van der Waals surface area contributed by atoms with Gasteiger partial charge >= 0.3 is 11.9 Å². The van der Waals surface area contributed by atoms with Crippen molar-refractivity contribution in [1.29, 1.82) is 0 Å². The van der Waals surface area contributed by atoms with Crippen LogP contribution in [0.1, 0.15) is 38.5 Å². The normalized spacial score (nSPS) is 18.8. The number of carbonyl (C=O) groups is 2. The van der Waals surface area contributed by atoms with Gasteiger partial charge in [-0.3, -0.25) is 9.59 Å². The minimum atomic E-state index is -0.219. The Hall–Kier alpha value is -1.84. The predicted octanol–water partition coefficient (Wildman–Crippen LogP) is 3.10. The van der Waals surface area contributed by atoms with Crippen LogP contribution in [0.5, 0.6) is 11.5 Å². The molecule has 0 unspecified atom stereocenters. The summed E-state index contributed by atoms with van der Waals surface area (Å²) in [6.07, 6.45) is 5.73. The molecule has 0 saturated heterocycles. The molecule has 1 aromatic rings. The first-order valence-corrected chi connectivity index (χ1v) is 7.26. The van der Waals surface area contributed by atoms with Crippen LogP contribution >= 0.6 is 0 Å². The van der Waals surface area contributed by atoms with Gasteiger partial charge in [0.2, 0.25) is 0 Å². The molecular formula is C16H18O4. The molecule has 0 atom stereocenters. The molecule has 0 bridgehead atoms. The summed E-state index contributed by atoms with van der Waals surface area (Å²) in [7, 11) is 0. The van der Waals surface area contributed by atoms with Gasteiger partial charge in [-0.15, -0.1) is 0 Å². The molecule has 20 heavy (non-hydrogen) atoms. The van der Waals surface area contributed by atoms with Crippen LogP contribution in [0.3, 0.4) is 0 Å². The van der Waals surface area contributed by atoms with Crippen LogP contribution in [0.25, 0.3) is 0 Å². The molecule has 0 spiro atoms. The van der Waals surface area contributed by atoms with Crippen molar-refractivity contribution in [1.82, 2.24) is 0 Å². The molecule has 0 heterocycles. The molecule has 0 N–H and O–H groups in total. The van der Waals surface area contributed by atoms with Crippen molar-refractivity contribution in [3.05, 3.63) is 24.3 Å². The Morgan fingerprint density at radius 2 is 1.20 bits per heavy atom. The van der Waals surface area contributed by atoms with Crippen molar-refractivity contribution in [3.63, 3.8) is 0 Å². The third-order valence-electron chi connectivity index (χ3n) is 4.15. The lowest BCUT2D eigenvalue weighted by molar-refractivity contribution is -0.144. The van der Waals surface area contributed by atoms with E-state index in [0.29, 0.717) is 11.5 Å². The van der Waals surface area contributed by atoms with E-state index in [9.17, 15) is 9.59 Å². The summed E-state index contributed by atoms with van der Waals surface area (Å²) in [5.74, 6) is 0.261. The van der Waals surface area contributed by atoms with Gasteiger partial charge in [-0.2, -0.15) is 0 Å². The van der Waals surface area contributed by atoms with Crippen molar-refractivity contribution < 1.29 is 19.1 Å². The number of ether oxygens (including phenoxy) is 2. The van der Waals surface area contributed by atoms with Crippen LogP contribution in [0.15, 0.2) is 24.3 Å². The van der Waals surface area contributed by atoms with Crippen LogP contribution in [-0.2, 0) is 9.59 Å². The van der Waals surface area contributed by atoms with E-state index in [1.165, 1.54) is 0 Å². The van der Waals surface area contributed by atoms with Gasteiger partial charge in [0.05, 0.1) is 11.8 Å². The van der Waals surface area contributed by atoms with Crippen LogP contribution < -0.4 is 9.47 Å². The SMILES string of the molecule is O=C(Oc1ccccc1OC(=O)C1CCC1)C1CCC1. The molecule has 2 fully saturated rings. The standard InChI is InChI=1S/C16H18O4/c17-15(11-5-3-6-11)19-13-9-1-2-10-14(13)20-16(18)12-7-4-8-12/h1-2,9-12H,3-8H2. The van der Waals surface area contributed by atoms with Crippen LogP contribution in [0, 0.1) is 11.8 Å². The smallest absolute Gasteiger partial charge is 0.314 e. The van der Waals surface area contributed by atoms with Gasteiger partial charge in [-0.05, 0) is 37.8 Å². The average Bonchev–Trinajstić information content (AvgIpc) is 2.26. The summed E-state index contributed by atoms with van der Waals surface area (Å²) < 4.78 is 10.7. The fourth-order valence-electron chi connectivity index (χ4n) is 2.29. The van der Waals surface area contributed by atoms with E-state index in [-0.39, 0.29) is 23.8 Å². The van der Waals surface area contributed by atoms with Gasteiger partial charge in [0.15, 0.2) is 11.5 Å². The molecule has 3 rings (SSSR count). The van der Waals surface area contributed by atoms with Crippen molar-refractivity contribution >= 4 is 11.9 Å². The summed E-state index contributed by atoms with van der Waals surface area (Å²) in [5.41, 5.74) is 0. The minimum Gasteiger partial charge on any atom is -0.422 e. The number of rotatable bonds is 4. The second-order valence-corrected chi connectivity index (χ2v) is 5.54. The molecule has 0 radical (unpaired) electrons. The quantitative estimate of drug-likeness (QED) is 0.625. The van der Waals surface area contributed by atoms with E-state index in [1.54, 1.807) is 24.3 Å². The van der Waals surface area contributed by atoms with Crippen molar-refractivity contribution in [3.8, 4) is 11.5 Å². The van der Waals surface area contributed by atoms with E-state index in [2.05, 4.69) is 0 Å². The average molecular weight is 274 g/mol. The number of hydrogen-bond donors (Lipinski definition) is 0. The van der Waals surface area contributed by atoms with Crippen molar-refractivity contribution in [2.75, 3.05) is 0 Å². The summed E-state index contributed by atoms with van der Waals surface area (Å²) in [4.78, 5) is 23.7. The zero-order chi connectivity index (χ0) is 13.9. The molecule has 2 aliphatic carbocycles. The van der Waals surface area contributed by atoms with E-state index >= 15 is 0 Å². The minimum absolute atomic E-state index is 0.00499. The molecule has 0 amide bonds. The maximum atomic E-state index is 11.9. The molecule has 0 aliphatic heterocycles. The second-order valence-electron chi connectivity index (χ2n) is 5.54. The van der Waals surface area contributed by atoms with Gasteiger partial charge in [0.1, 0.15) is 0 Å². The number of benzene rings is 1. The zero-order valence-corrected chi connectivity index (χ0v) is 11.3. The van der Waals surface area contributed by atoms with Crippen molar-refractivity contribution in [2.24, 2.45) is 11.8 Å². The first kappa shape index (κ1) is 13.2. The predicted molar refractivity (Wildman–Crippen MR) is 72.4 cm³/mol. The number of hydrogen-bond acceptors (Lipinski definition) is 4. The van der Waals surface area contributed by atoms with Crippen LogP contribution in [0.2, 0.25) is 0 Å². The second kappa shape index (κ2) is 5.65. The Kier molecular flexibility index (Phi) is 3.72. The molecule has 0 aromatic heterocycles. The first-order chi connectivity index (χ1) is 9.74. The zero-order valence-electron chi connectivity index (χ0n) is 11.3. The van der Waals surface area contributed by atoms with Gasteiger partial charge in [0.25, 0.3) is 0 Å². The number of para-hydroxylation sites is 2. The Morgan fingerprint density at radius 1 is 0.800 bits per heavy atom. The maximum absolute atomic E-state index is 11.9. The molecular weight excluding hydrogens is 256 g/mol. The Morgan fingerprint density at radius 3 is 1.50 bits per heavy atom. The van der Waals surface area contributed by atoms with E-state index in [1.807, 2.05) is 0 Å². The van der Waals surface area contributed by atoms with E-state index in [0.717, 1.165) is 38.5 Å².